The van der Waals surface area contributed by atoms with E-state index < -0.39 is 29.8 Å². The van der Waals surface area contributed by atoms with Crippen molar-refractivity contribution in [2.45, 2.75) is 36.0 Å². The molecule has 0 saturated carbocycles. The van der Waals surface area contributed by atoms with Crippen LogP contribution in [-0.2, 0) is 10.5 Å². The first-order valence-corrected chi connectivity index (χ1v) is 14.0. The van der Waals surface area contributed by atoms with Crippen LogP contribution in [-0.4, -0.2) is 54.2 Å². The SMILES string of the molecule is COc1cc(NC(=O)[C@H](CC2CCN(C(=O)O)CC2)NC(=O)c2ccc(F)cc2)ccc1SCc1ccccc1. The van der Waals surface area contributed by atoms with E-state index in [-0.39, 0.29) is 11.5 Å². The van der Waals surface area contributed by atoms with E-state index in [0.29, 0.717) is 43.8 Å². The average molecular weight is 566 g/mol. The van der Waals surface area contributed by atoms with Gasteiger partial charge in [0.05, 0.1) is 7.11 Å². The van der Waals surface area contributed by atoms with E-state index in [1.54, 1.807) is 31.0 Å². The van der Waals surface area contributed by atoms with Crippen molar-refractivity contribution in [1.82, 2.24) is 10.2 Å². The average Bonchev–Trinajstić information content (AvgIpc) is 2.97. The number of rotatable bonds is 10. The number of carbonyl (C=O) groups excluding carboxylic acids is 2. The van der Waals surface area contributed by atoms with E-state index in [2.05, 4.69) is 22.8 Å². The normalized spacial score (nSPS) is 14.3. The Morgan fingerprint density at radius 2 is 1.75 bits per heavy atom. The number of hydrogen-bond donors (Lipinski definition) is 3. The third kappa shape index (κ3) is 7.98. The lowest BCUT2D eigenvalue weighted by atomic mass is 9.89. The molecule has 4 rings (SSSR count). The molecular weight excluding hydrogens is 533 g/mol. The van der Waals surface area contributed by atoms with Crippen molar-refractivity contribution in [3.63, 3.8) is 0 Å². The molecule has 3 amide bonds. The van der Waals surface area contributed by atoms with Crippen molar-refractivity contribution >= 4 is 35.4 Å². The summed E-state index contributed by atoms with van der Waals surface area (Å²) in [7, 11) is 1.57. The van der Waals surface area contributed by atoms with E-state index in [9.17, 15) is 23.9 Å². The Kier molecular flexibility index (Phi) is 10.0. The maximum atomic E-state index is 13.4. The first kappa shape index (κ1) is 28.9. The van der Waals surface area contributed by atoms with Gasteiger partial charge in [-0.2, -0.15) is 0 Å². The number of ether oxygens (including phenoxy) is 1. The van der Waals surface area contributed by atoms with Gasteiger partial charge in [-0.15, -0.1) is 11.8 Å². The van der Waals surface area contributed by atoms with Crippen LogP contribution in [0.5, 0.6) is 5.75 Å². The molecule has 0 spiro atoms. The van der Waals surface area contributed by atoms with E-state index in [1.807, 2.05) is 24.3 Å². The van der Waals surface area contributed by atoms with Gasteiger partial charge in [0.1, 0.15) is 17.6 Å². The molecule has 3 aromatic rings. The number of halogens is 1. The van der Waals surface area contributed by atoms with Gasteiger partial charge in [0.25, 0.3) is 5.91 Å². The van der Waals surface area contributed by atoms with Crippen LogP contribution in [0.25, 0.3) is 0 Å². The molecule has 0 aliphatic carbocycles. The highest BCUT2D eigenvalue weighted by Crippen LogP contribution is 2.34. The maximum absolute atomic E-state index is 13.4. The molecule has 8 nitrogen and oxygen atoms in total. The summed E-state index contributed by atoms with van der Waals surface area (Å²) in [5, 5.41) is 14.9. The summed E-state index contributed by atoms with van der Waals surface area (Å²) in [5.74, 6) is 0.0746. The highest BCUT2D eigenvalue weighted by Gasteiger charge is 2.29. The lowest BCUT2D eigenvalue weighted by Crippen LogP contribution is -2.46. The summed E-state index contributed by atoms with van der Waals surface area (Å²) in [6.07, 6.45) is 0.554. The molecule has 3 N–H and O–H groups in total. The first-order chi connectivity index (χ1) is 19.3. The molecule has 0 aromatic heterocycles. The number of amides is 3. The minimum absolute atomic E-state index is 0.0474. The number of likely N-dealkylation sites (tertiary alicyclic amines) is 1. The van der Waals surface area contributed by atoms with Gasteiger partial charge in [-0.1, -0.05) is 30.3 Å². The summed E-state index contributed by atoms with van der Waals surface area (Å²) in [5.41, 5.74) is 1.94. The number of anilines is 1. The number of piperidine rings is 1. The minimum Gasteiger partial charge on any atom is -0.496 e. The van der Waals surface area contributed by atoms with Crippen molar-refractivity contribution in [1.29, 1.82) is 0 Å². The molecule has 1 saturated heterocycles. The molecule has 10 heteroatoms. The quantitative estimate of drug-likeness (QED) is 0.275. The minimum atomic E-state index is -0.961. The zero-order valence-electron chi connectivity index (χ0n) is 22.1. The predicted octanol–water partition coefficient (Wildman–Crippen LogP) is 5.64. The van der Waals surface area contributed by atoms with Crippen LogP contribution >= 0.6 is 11.8 Å². The highest BCUT2D eigenvalue weighted by atomic mass is 32.2. The second-order valence-electron chi connectivity index (χ2n) is 9.61. The van der Waals surface area contributed by atoms with E-state index in [0.717, 1.165) is 10.6 Å². The van der Waals surface area contributed by atoms with Gasteiger partial charge in [-0.3, -0.25) is 9.59 Å². The predicted molar refractivity (Wildman–Crippen MR) is 152 cm³/mol. The molecular formula is C30H32FN3O5S. The summed E-state index contributed by atoms with van der Waals surface area (Å²) in [4.78, 5) is 39.9. The van der Waals surface area contributed by atoms with Crippen LogP contribution in [0.3, 0.4) is 0 Å². The molecule has 40 heavy (non-hydrogen) atoms. The Hall–Kier alpha value is -4.05. The fourth-order valence-electron chi connectivity index (χ4n) is 4.60. The summed E-state index contributed by atoms with van der Waals surface area (Å²) < 4.78 is 18.9. The molecule has 210 valence electrons. The third-order valence-corrected chi connectivity index (χ3v) is 7.98. The standard InChI is InChI=1S/C30H32FN3O5S/c1-39-26-18-24(11-12-27(26)40-19-21-5-3-2-4-6-21)32-29(36)25(17-20-13-15-34(16-14-20)30(37)38)33-28(35)22-7-9-23(31)10-8-22/h2-12,18,20,25H,13-17,19H2,1H3,(H,32,36)(H,33,35)(H,37,38)/t25-/m0/s1. The highest BCUT2D eigenvalue weighted by molar-refractivity contribution is 7.98. The Bertz CT molecular complexity index is 1310. The van der Waals surface area contributed by atoms with Crippen LogP contribution in [0.4, 0.5) is 14.9 Å². The van der Waals surface area contributed by atoms with Crippen molar-refractivity contribution < 1.29 is 28.6 Å². The number of thioether (sulfide) groups is 1. The lowest BCUT2D eigenvalue weighted by Gasteiger charge is -2.32. The van der Waals surface area contributed by atoms with Crippen LogP contribution in [0, 0.1) is 11.7 Å². The van der Waals surface area contributed by atoms with Gasteiger partial charge in [0, 0.05) is 41.1 Å². The van der Waals surface area contributed by atoms with Crippen LogP contribution in [0.2, 0.25) is 0 Å². The molecule has 1 aliphatic rings. The van der Waals surface area contributed by atoms with Gasteiger partial charge in [0.15, 0.2) is 0 Å². The Balaban J connectivity index is 1.45. The van der Waals surface area contributed by atoms with Gasteiger partial charge < -0.3 is 25.4 Å². The Labute approximate surface area is 236 Å². The van der Waals surface area contributed by atoms with E-state index in [4.69, 9.17) is 4.74 Å². The Morgan fingerprint density at radius 1 is 1.05 bits per heavy atom. The summed E-state index contributed by atoms with van der Waals surface area (Å²) in [6, 6.07) is 19.7. The summed E-state index contributed by atoms with van der Waals surface area (Å²) >= 11 is 1.62. The molecule has 0 radical (unpaired) electrons. The van der Waals surface area contributed by atoms with Gasteiger partial charge >= 0.3 is 6.09 Å². The zero-order valence-corrected chi connectivity index (χ0v) is 23.0. The molecule has 1 aliphatic heterocycles. The molecule has 0 bridgehead atoms. The van der Waals surface area contributed by atoms with Gasteiger partial charge in [-0.25, -0.2) is 9.18 Å². The van der Waals surface area contributed by atoms with Crippen LogP contribution in [0.15, 0.2) is 77.7 Å². The lowest BCUT2D eigenvalue weighted by molar-refractivity contribution is -0.118. The van der Waals surface area contributed by atoms with Crippen molar-refractivity contribution in [2.24, 2.45) is 5.92 Å². The zero-order chi connectivity index (χ0) is 28.5. The molecule has 1 fully saturated rings. The topological polar surface area (TPSA) is 108 Å². The van der Waals surface area contributed by atoms with Crippen LogP contribution in [0.1, 0.15) is 35.2 Å². The number of methoxy groups -OCH3 is 1. The van der Waals surface area contributed by atoms with Crippen LogP contribution < -0.4 is 15.4 Å². The number of carbonyl (C=O) groups is 3. The van der Waals surface area contributed by atoms with E-state index in [1.165, 1.54) is 34.7 Å². The third-order valence-electron chi connectivity index (χ3n) is 6.85. The first-order valence-electron chi connectivity index (χ1n) is 13.0. The second-order valence-corrected chi connectivity index (χ2v) is 10.6. The van der Waals surface area contributed by atoms with E-state index >= 15 is 0 Å². The smallest absolute Gasteiger partial charge is 0.407 e. The fourth-order valence-corrected chi connectivity index (χ4v) is 5.56. The number of benzene rings is 3. The molecule has 3 aromatic carbocycles. The maximum Gasteiger partial charge on any atom is 0.407 e. The number of nitrogens with one attached hydrogen (secondary N) is 2. The monoisotopic (exact) mass is 565 g/mol. The number of nitrogens with zero attached hydrogens (tertiary/aromatic N) is 1. The van der Waals surface area contributed by atoms with Gasteiger partial charge in [0.2, 0.25) is 5.91 Å². The Morgan fingerprint density at radius 3 is 2.40 bits per heavy atom. The second kappa shape index (κ2) is 13.8. The molecule has 1 heterocycles. The number of hydrogen-bond acceptors (Lipinski definition) is 5. The van der Waals surface area contributed by atoms with Gasteiger partial charge in [-0.05, 0) is 67.1 Å². The largest absolute Gasteiger partial charge is 0.496 e. The molecule has 1 atom stereocenters. The number of carboxylic acid groups (broad SMARTS) is 1. The van der Waals surface area contributed by atoms with Crippen molar-refractivity contribution in [3.05, 3.63) is 89.7 Å². The van der Waals surface area contributed by atoms with Crippen molar-refractivity contribution in [3.8, 4) is 5.75 Å². The summed E-state index contributed by atoms with van der Waals surface area (Å²) in [6.45, 7) is 0.749. The fraction of sp³-hybridized carbons (Fsp3) is 0.300. The molecule has 0 unspecified atom stereocenters. The van der Waals surface area contributed by atoms with Crippen molar-refractivity contribution in [2.75, 3.05) is 25.5 Å².